The molecule has 1 N–H and O–H groups in total. The van der Waals surface area contributed by atoms with Gasteiger partial charge in [0.15, 0.2) is 0 Å². The molecule has 0 saturated carbocycles. The smallest absolute Gasteiger partial charge is 0.0369 e. The topological polar surface area (TPSA) is 15.3 Å². The number of anilines is 1. The van der Waals surface area contributed by atoms with Gasteiger partial charge in [-0.15, -0.1) is 0 Å². The second-order valence-electron chi connectivity index (χ2n) is 6.13. The van der Waals surface area contributed by atoms with Crippen LogP contribution in [0.2, 0.25) is 0 Å². The average molecular weight is 260 g/mol. The largest absolute Gasteiger partial charge is 0.371 e. The van der Waals surface area contributed by atoms with Crippen LogP contribution in [0.3, 0.4) is 0 Å². The van der Waals surface area contributed by atoms with Crippen LogP contribution in [0.4, 0.5) is 5.69 Å². The van der Waals surface area contributed by atoms with Gasteiger partial charge in [0.05, 0.1) is 0 Å². The monoisotopic (exact) mass is 260 g/mol. The lowest BCUT2D eigenvalue weighted by atomic mass is 9.93. The Morgan fingerprint density at radius 1 is 1.37 bits per heavy atom. The Morgan fingerprint density at radius 2 is 2.16 bits per heavy atom. The highest BCUT2D eigenvalue weighted by Gasteiger charge is 2.25. The molecule has 2 heteroatoms. The average Bonchev–Trinajstić information content (AvgIpc) is 2.41. The second kappa shape index (κ2) is 6.42. The van der Waals surface area contributed by atoms with Crippen molar-refractivity contribution in [3.8, 4) is 0 Å². The fourth-order valence-corrected chi connectivity index (χ4v) is 3.03. The first-order chi connectivity index (χ1) is 9.11. The van der Waals surface area contributed by atoms with E-state index in [9.17, 15) is 0 Å². The molecule has 0 bridgehead atoms. The van der Waals surface area contributed by atoms with Crippen molar-refractivity contribution in [2.24, 2.45) is 5.92 Å². The van der Waals surface area contributed by atoms with Gasteiger partial charge in [-0.25, -0.2) is 0 Å². The number of rotatable bonds is 4. The third-order valence-corrected chi connectivity index (χ3v) is 4.27. The van der Waals surface area contributed by atoms with E-state index >= 15 is 0 Å². The summed E-state index contributed by atoms with van der Waals surface area (Å²) in [6, 6.07) is 9.75. The molecule has 0 aliphatic carbocycles. The maximum Gasteiger partial charge on any atom is 0.0369 e. The van der Waals surface area contributed by atoms with Crippen LogP contribution < -0.4 is 10.2 Å². The molecule has 19 heavy (non-hydrogen) atoms. The fourth-order valence-electron chi connectivity index (χ4n) is 3.03. The molecule has 0 radical (unpaired) electrons. The maximum absolute atomic E-state index is 3.61. The molecule has 1 aromatic rings. The van der Waals surface area contributed by atoms with Gasteiger partial charge in [-0.1, -0.05) is 39.8 Å². The van der Waals surface area contributed by atoms with Crippen LogP contribution in [0, 0.1) is 5.92 Å². The van der Waals surface area contributed by atoms with Crippen LogP contribution in [-0.4, -0.2) is 25.7 Å². The molecular formula is C17H28N2. The zero-order valence-corrected chi connectivity index (χ0v) is 12.8. The van der Waals surface area contributed by atoms with Gasteiger partial charge >= 0.3 is 0 Å². The molecule has 1 aliphatic heterocycles. The highest BCUT2D eigenvalue weighted by Crippen LogP contribution is 2.26. The predicted octanol–water partition coefficient (Wildman–Crippen LogP) is 3.63. The molecule has 1 aromatic carbocycles. The molecule has 106 valence electrons. The Balaban J connectivity index is 2.05. The van der Waals surface area contributed by atoms with E-state index < -0.39 is 0 Å². The molecule has 0 amide bonds. The van der Waals surface area contributed by atoms with Crippen molar-refractivity contribution in [3.05, 3.63) is 29.8 Å². The summed E-state index contributed by atoms with van der Waals surface area (Å²) in [6.45, 7) is 12.5. The van der Waals surface area contributed by atoms with E-state index in [2.05, 4.69) is 62.2 Å². The van der Waals surface area contributed by atoms with Gasteiger partial charge in [0, 0.05) is 24.8 Å². The number of nitrogens with one attached hydrogen (secondary N) is 1. The number of benzene rings is 1. The predicted molar refractivity (Wildman–Crippen MR) is 84.0 cm³/mol. The van der Waals surface area contributed by atoms with Crippen LogP contribution >= 0.6 is 0 Å². The van der Waals surface area contributed by atoms with E-state index in [0.29, 0.717) is 12.0 Å². The Bertz CT molecular complexity index is 400. The van der Waals surface area contributed by atoms with Crippen molar-refractivity contribution in [3.63, 3.8) is 0 Å². The van der Waals surface area contributed by atoms with E-state index in [4.69, 9.17) is 0 Å². The zero-order valence-electron chi connectivity index (χ0n) is 12.8. The molecule has 1 saturated heterocycles. The zero-order chi connectivity index (χ0) is 13.8. The number of hydrogen-bond donors (Lipinski definition) is 1. The standard InChI is InChI=1S/C17H28N2/c1-5-18-17-9-10-19(12-14(17)4)16-8-6-7-15(11-16)13(2)3/h6-8,11,13-14,17-18H,5,9-10,12H2,1-4H3. The number of piperidine rings is 1. The van der Waals surface area contributed by atoms with Crippen LogP contribution in [0.25, 0.3) is 0 Å². The van der Waals surface area contributed by atoms with Crippen LogP contribution in [0.5, 0.6) is 0 Å². The number of hydrogen-bond acceptors (Lipinski definition) is 2. The van der Waals surface area contributed by atoms with E-state index in [0.717, 1.165) is 12.5 Å². The molecule has 1 heterocycles. The highest BCUT2D eigenvalue weighted by molar-refractivity contribution is 5.49. The lowest BCUT2D eigenvalue weighted by Gasteiger charge is -2.38. The lowest BCUT2D eigenvalue weighted by Crippen LogP contribution is -2.48. The lowest BCUT2D eigenvalue weighted by molar-refractivity contribution is 0.327. The van der Waals surface area contributed by atoms with Crippen molar-refractivity contribution in [1.82, 2.24) is 5.32 Å². The van der Waals surface area contributed by atoms with Crippen molar-refractivity contribution < 1.29 is 0 Å². The summed E-state index contributed by atoms with van der Waals surface area (Å²) in [6.07, 6.45) is 1.25. The molecule has 0 aromatic heterocycles. The van der Waals surface area contributed by atoms with Gasteiger partial charge < -0.3 is 10.2 Å². The minimum atomic E-state index is 0.608. The van der Waals surface area contributed by atoms with Gasteiger partial charge in [-0.05, 0) is 42.5 Å². The summed E-state index contributed by atoms with van der Waals surface area (Å²) >= 11 is 0. The first kappa shape index (κ1) is 14.4. The Kier molecular flexibility index (Phi) is 4.87. The second-order valence-corrected chi connectivity index (χ2v) is 6.13. The van der Waals surface area contributed by atoms with Crippen LogP contribution in [0.1, 0.15) is 45.6 Å². The van der Waals surface area contributed by atoms with Crippen LogP contribution in [0.15, 0.2) is 24.3 Å². The highest BCUT2D eigenvalue weighted by atomic mass is 15.2. The Labute approximate surface area is 118 Å². The number of nitrogens with zero attached hydrogens (tertiary/aromatic N) is 1. The molecule has 1 fully saturated rings. The fraction of sp³-hybridized carbons (Fsp3) is 0.647. The Hall–Kier alpha value is -1.02. The van der Waals surface area contributed by atoms with Gasteiger partial charge in [0.1, 0.15) is 0 Å². The third kappa shape index (κ3) is 3.50. The molecule has 1 aliphatic rings. The summed E-state index contributed by atoms with van der Waals surface area (Å²) in [4.78, 5) is 2.55. The maximum atomic E-state index is 3.61. The molecule has 2 atom stereocenters. The summed E-state index contributed by atoms with van der Waals surface area (Å²) in [5, 5.41) is 3.61. The third-order valence-electron chi connectivity index (χ3n) is 4.27. The SMILES string of the molecule is CCNC1CCN(c2cccc(C(C)C)c2)CC1C. The summed E-state index contributed by atoms with van der Waals surface area (Å²) in [5.41, 5.74) is 2.84. The van der Waals surface area contributed by atoms with Gasteiger partial charge in [-0.2, -0.15) is 0 Å². The van der Waals surface area contributed by atoms with E-state index in [1.807, 2.05) is 0 Å². The molecule has 2 rings (SSSR count). The Morgan fingerprint density at radius 3 is 2.79 bits per heavy atom. The quantitative estimate of drug-likeness (QED) is 0.889. The summed E-state index contributed by atoms with van der Waals surface area (Å²) in [7, 11) is 0. The van der Waals surface area contributed by atoms with Gasteiger partial charge in [0.25, 0.3) is 0 Å². The molecule has 0 spiro atoms. The van der Waals surface area contributed by atoms with E-state index in [1.54, 1.807) is 0 Å². The summed E-state index contributed by atoms with van der Waals surface area (Å²) < 4.78 is 0. The van der Waals surface area contributed by atoms with Gasteiger partial charge in [-0.3, -0.25) is 0 Å². The normalized spacial score (nSPS) is 23.9. The van der Waals surface area contributed by atoms with Crippen LogP contribution in [-0.2, 0) is 0 Å². The molecular weight excluding hydrogens is 232 g/mol. The van der Waals surface area contributed by atoms with Crippen molar-refractivity contribution >= 4 is 5.69 Å². The van der Waals surface area contributed by atoms with Gasteiger partial charge in [0.2, 0.25) is 0 Å². The van der Waals surface area contributed by atoms with E-state index in [1.165, 1.54) is 30.8 Å². The minimum absolute atomic E-state index is 0.608. The van der Waals surface area contributed by atoms with E-state index in [-0.39, 0.29) is 0 Å². The minimum Gasteiger partial charge on any atom is -0.371 e. The van der Waals surface area contributed by atoms with Crippen molar-refractivity contribution in [2.75, 3.05) is 24.5 Å². The van der Waals surface area contributed by atoms with Crippen molar-refractivity contribution in [2.45, 2.75) is 46.1 Å². The first-order valence-corrected chi connectivity index (χ1v) is 7.70. The molecule has 2 nitrogen and oxygen atoms in total. The first-order valence-electron chi connectivity index (χ1n) is 7.70. The summed E-state index contributed by atoms with van der Waals surface area (Å²) in [5.74, 6) is 1.33. The van der Waals surface area contributed by atoms with Crippen molar-refractivity contribution in [1.29, 1.82) is 0 Å². The molecule has 2 unspecified atom stereocenters.